The molecule has 2 amide bonds. The first-order chi connectivity index (χ1) is 10.5. The lowest BCUT2D eigenvalue weighted by Gasteiger charge is -2.08. The van der Waals surface area contributed by atoms with Crippen molar-refractivity contribution >= 4 is 33.4 Å². The fourth-order valence-corrected chi connectivity index (χ4v) is 2.30. The summed E-state index contributed by atoms with van der Waals surface area (Å²) in [4.78, 5) is 23.8. The number of anilines is 1. The van der Waals surface area contributed by atoms with Crippen LogP contribution in [0.15, 0.2) is 46.9 Å². The molecule has 2 rings (SSSR count). The van der Waals surface area contributed by atoms with E-state index in [1.807, 2.05) is 44.2 Å². The lowest BCUT2D eigenvalue weighted by atomic mass is 10.1. The number of hydrogen-bond donors (Lipinski definition) is 2. The van der Waals surface area contributed by atoms with E-state index in [-0.39, 0.29) is 18.4 Å². The number of carbonyl (C=O) groups excluding carboxylic acids is 2. The minimum Gasteiger partial charge on any atom is -0.343 e. The molecule has 0 spiro atoms. The van der Waals surface area contributed by atoms with Crippen LogP contribution in [0.1, 0.15) is 21.5 Å². The maximum Gasteiger partial charge on any atom is 0.251 e. The molecule has 0 bridgehead atoms. The van der Waals surface area contributed by atoms with Crippen LogP contribution < -0.4 is 10.6 Å². The maximum atomic E-state index is 12.0. The highest BCUT2D eigenvalue weighted by Crippen LogP contribution is 2.20. The first-order valence-electron chi connectivity index (χ1n) is 6.86. The molecule has 0 unspecified atom stereocenters. The van der Waals surface area contributed by atoms with E-state index in [2.05, 4.69) is 26.6 Å². The van der Waals surface area contributed by atoms with Crippen LogP contribution in [0.3, 0.4) is 0 Å². The van der Waals surface area contributed by atoms with E-state index < -0.39 is 0 Å². The fourth-order valence-electron chi connectivity index (χ4n) is 1.92. The number of rotatable bonds is 4. The highest BCUT2D eigenvalue weighted by molar-refractivity contribution is 9.10. The third-order valence-electron chi connectivity index (χ3n) is 3.15. The lowest BCUT2D eigenvalue weighted by Crippen LogP contribution is -2.32. The van der Waals surface area contributed by atoms with Crippen molar-refractivity contribution in [2.45, 2.75) is 13.8 Å². The van der Waals surface area contributed by atoms with Crippen molar-refractivity contribution in [3.63, 3.8) is 0 Å². The molecule has 2 N–H and O–H groups in total. The molecule has 22 heavy (non-hydrogen) atoms. The number of aryl methyl sites for hydroxylation is 2. The van der Waals surface area contributed by atoms with Crippen molar-refractivity contribution in [1.29, 1.82) is 0 Å². The van der Waals surface area contributed by atoms with Gasteiger partial charge in [-0.05, 0) is 43.7 Å². The molecule has 0 saturated carbocycles. The summed E-state index contributed by atoms with van der Waals surface area (Å²) in [6, 6.07) is 12.8. The van der Waals surface area contributed by atoms with Crippen molar-refractivity contribution in [2.24, 2.45) is 0 Å². The fraction of sp³-hybridized carbons (Fsp3) is 0.176. The van der Waals surface area contributed by atoms with Crippen molar-refractivity contribution in [3.05, 3.63) is 63.6 Å². The Balaban J connectivity index is 1.90. The maximum absolute atomic E-state index is 12.0. The third kappa shape index (κ3) is 4.43. The summed E-state index contributed by atoms with van der Waals surface area (Å²) < 4.78 is 0.925. The number of amides is 2. The van der Waals surface area contributed by atoms with Crippen LogP contribution in [0.4, 0.5) is 5.69 Å². The predicted molar refractivity (Wildman–Crippen MR) is 91.0 cm³/mol. The van der Waals surface area contributed by atoms with Crippen molar-refractivity contribution in [1.82, 2.24) is 5.32 Å². The minimum absolute atomic E-state index is 0.0712. The molecule has 4 nitrogen and oxygen atoms in total. The van der Waals surface area contributed by atoms with E-state index in [0.29, 0.717) is 11.3 Å². The second kappa shape index (κ2) is 7.22. The van der Waals surface area contributed by atoms with Gasteiger partial charge in [0.25, 0.3) is 5.91 Å². The van der Waals surface area contributed by atoms with Gasteiger partial charge in [0, 0.05) is 15.7 Å². The zero-order valence-corrected chi connectivity index (χ0v) is 14.0. The zero-order valence-electron chi connectivity index (χ0n) is 12.4. The van der Waals surface area contributed by atoms with Gasteiger partial charge in [0.15, 0.2) is 0 Å². The highest BCUT2D eigenvalue weighted by atomic mass is 79.9. The monoisotopic (exact) mass is 360 g/mol. The van der Waals surface area contributed by atoms with E-state index in [9.17, 15) is 9.59 Å². The molecule has 0 aliphatic heterocycles. The van der Waals surface area contributed by atoms with Gasteiger partial charge in [-0.1, -0.05) is 39.7 Å². The predicted octanol–water partition coefficient (Wildman–Crippen LogP) is 3.43. The quantitative estimate of drug-likeness (QED) is 0.877. The molecule has 2 aromatic rings. The molecule has 0 heterocycles. The largest absolute Gasteiger partial charge is 0.343 e. The Morgan fingerprint density at radius 1 is 1.09 bits per heavy atom. The molecule has 0 saturated heterocycles. The molecule has 0 aliphatic rings. The highest BCUT2D eigenvalue weighted by Gasteiger charge is 2.08. The Morgan fingerprint density at radius 2 is 1.86 bits per heavy atom. The van der Waals surface area contributed by atoms with Crippen molar-refractivity contribution in [3.8, 4) is 0 Å². The van der Waals surface area contributed by atoms with Crippen LogP contribution in [-0.4, -0.2) is 18.4 Å². The smallest absolute Gasteiger partial charge is 0.251 e. The second-order valence-corrected chi connectivity index (χ2v) is 5.92. The molecule has 5 heteroatoms. The van der Waals surface area contributed by atoms with Gasteiger partial charge in [-0.3, -0.25) is 9.59 Å². The van der Waals surface area contributed by atoms with Crippen LogP contribution >= 0.6 is 15.9 Å². The Hall–Kier alpha value is -2.14. The van der Waals surface area contributed by atoms with Gasteiger partial charge in [0.2, 0.25) is 5.91 Å². The van der Waals surface area contributed by atoms with Crippen LogP contribution in [0.25, 0.3) is 0 Å². The van der Waals surface area contributed by atoms with Crippen LogP contribution in [0, 0.1) is 13.8 Å². The number of nitrogens with one attached hydrogen (secondary N) is 2. The van der Waals surface area contributed by atoms with Crippen LogP contribution in [0.2, 0.25) is 0 Å². The van der Waals surface area contributed by atoms with Crippen molar-refractivity contribution in [2.75, 3.05) is 11.9 Å². The summed E-state index contributed by atoms with van der Waals surface area (Å²) in [6.45, 7) is 3.81. The Labute approximate surface area is 138 Å². The molecule has 0 aromatic heterocycles. The number of benzene rings is 2. The summed E-state index contributed by atoms with van der Waals surface area (Å²) in [5.74, 6) is -0.527. The number of halogens is 1. The minimum atomic E-state index is -0.267. The van der Waals surface area contributed by atoms with E-state index in [4.69, 9.17) is 0 Å². The van der Waals surface area contributed by atoms with Gasteiger partial charge in [0.05, 0.1) is 6.54 Å². The van der Waals surface area contributed by atoms with E-state index in [1.54, 1.807) is 12.1 Å². The Kier molecular flexibility index (Phi) is 5.33. The SMILES string of the molecule is Cc1cccc(C(=O)NCC(=O)Nc2ccc(C)c(Br)c2)c1. The molecule has 2 aromatic carbocycles. The first-order valence-corrected chi connectivity index (χ1v) is 7.66. The second-order valence-electron chi connectivity index (χ2n) is 5.06. The topological polar surface area (TPSA) is 58.2 Å². The van der Waals surface area contributed by atoms with Gasteiger partial charge >= 0.3 is 0 Å². The van der Waals surface area contributed by atoms with E-state index in [1.165, 1.54) is 0 Å². The molecule has 0 radical (unpaired) electrons. The van der Waals surface area contributed by atoms with Gasteiger partial charge in [-0.2, -0.15) is 0 Å². The molecular formula is C17H17BrN2O2. The molecule has 0 atom stereocenters. The summed E-state index contributed by atoms with van der Waals surface area (Å²) in [6.07, 6.45) is 0. The molecular weight excluding hydrogens is 344 g/mol. The Morgan fingerprint density at radius 3 is 2.55 bits per heavy atom. The lowest BCUT2D eigenvalue weighted by molar-refractivity contribution is -0.115. The molecule has 0 fully saturated rings. The van der Waals surface area contributed by atoms with E-state index in [0.717, 1.165) is 15.6 Å². The number of carbonyl (C=O) groups is 2. The standard InChI is InChI=1S/C17H17BrN2O2/c1-11-4-3-5-13(8-11)17(22)19-10-16(21)20-14-7-6-12(2)15(18)9-14/h3-9H,10H2,1-2H3,(H,19,22)(H,20,21). The first kappa shape index (κ1) is 16.2. The summed E-state index contributed by atoms with van der Waals surface area (Å²) in [5, 5.41) is 5.35. The summed E-state index contributed by atoms with van der Waals surface area (Å²) >= 11 is 3.41. The van der Waals surface area contributed by atoms with Gasteiger partial charge in [0.1, 0.15) is 0 Å². The van der Waals surface area contributed by atoms with Gasteiger partial charge in [-0.25, -0.2) is 0 Å². The normalized spacial score (nSPS) is 10.1. The van der Waals surface area contributed by atoms with Crippen LogP contribution in [0.5, 0.6) is 0 Å². The zero-order chi connectivity index (χ0) is 16.1. The van der Waals surface area contributed by atoms with Gasteiger partial charge < -0.3 is 10.6 Å². The van der Waals surface area contributed by atoms with E-state index >= 15 is 0 Å². The number of hydrogen-bond acceptors (Lipinski definition) is 2. The average Bonchev–Trinajstić information content (AvgIpc) is 2.48. The van der Waals surface area contributed by atoms with Crippen molar-refractivity contribution < 1.29 is 9.59 Å². The summed E-state index contributed by atoms with van der Waals surface area (Å²) in [7, 11) is 0. The van der Waals surface area contributed by atoms with Crippen LogP contribution in [-0.2, 0) is 4.79 Å². The summed E-state index contributed by atoms with van der Waals surface area (Å²) in [5.41, 5.74) is 3.32. The molecule has 114 valence electrons. The third-order valence-corrected chi connectivity index (χ3v) is 4.00. The Bertz CT molecular complexity index is 714. The molecule has 0 aliphatic carbocycles. The van der Waals surface area contributed by atoms with Gasteiger partial charge in [-0.15, -0.1) is 0 Å². The average molecular weight is 361 g/mol.